The monoisotopic (exact) mass is 294 g/mol. The van der Waals surface area contributed by atoms with Crippen molar-refractivity contribution in [2.24, 2.45) is 0 Å². The molecule has 2 aromatic rings. The summed E-state index contributed by atoms with van der Waals surface area (Å²) in [5, 5.41) is 2.65. The smallest absolute Gasteiger partial charge is 0.259 e. The van der Waals surface area contributed by atoms with Crippen LogP contribution in [-0.2, 0) is 10.0 Å². The van der Waals surface area contributed by atoms with Crippen LogP contribution in [0.5, 0.6) is 0 Å². The van der Waals surface area contributed by atoms with Gasteiger partial charge in [0.25, 0.3) is 5.91 Å². The number of anilines is 2. The van der Waals surface area contributed by atoms with Crippen molar-refractivity contribution < 1.29 is 17.6 Å². The number of carbonyl (C=O) groups excluding carboxylic acids is 1. The van der Waals surface area contributed by atoms with E-state index in [9.17, 15) is 13.2 Å². The van der Waals surface area contributed by atoms with Crippen LogP contribution in [0, 0.1) is 6.92 Å². The topological polar surface area (TPSA) is 88.4 Å². The number of amides is 1. The van der Waals surface area contributed by atoms with Gasteiger partial charge in [0.2, 0.25) is 10.0 Å². The van der Waals surface area contributed by atoms with E-state index in [2.05, 4.69) is 10.0 Å². The van der Waals surface area contributed by atoms with E-state index in [1.165, 1.54) is 6.26 Å². The number of aryl methyl sites for hydroxylation is 1. The maximum atomic E-state index is 12.1. The van der Waals surface area contributed by atoms with E-state index in [0.29, 0.717) is 22.7 Å². The fourth-order valence-corrected chi connectivity index (χ4v) is 2.27. The predicted octanol–water partition coefficient (Wildman–Crippen LogP) is 2.21. The maximum Gasteiger partial charge on any atom is 0.259 e. The van der Waals surface area contributed by atoms with E-state index in [-0.39, 0.29) is 5.91 Å². The Bertz CT molecular complexity index is 734. The third kappa shape index (κ3) is 3.39. The van der Waals surface area contributed by atoms with Crippen molar-refractivity contribution in [1.29, 1.82) is 0 Å². The first-order valence-electron chi connectivity index (χ1n) is 5.79. The molecule has 0 saturated carbocycles. The van der Waals surface area contributed by atoms with Gasteiger partial charge in [0.05, 0.1) is 29.5 Å². The highest BCUT2D eigenvalue weighted by Gasteiger charge is 2.14. The lowest BCUT2D eigenvalue weighted by Crippen LogP contribution is -2.16. The number of benzene rings is 1. The number of hydrogen-bond donors (Lipinski definition) is 2. The number of hydrogen-bond acceptors (Lipinski definition) is 4. The molecule has 0 fully saturated rings. The lowest BCUT2D eigenvalue weighted by atomic mass is 10.2. The number of rotatable bonds is 4. The minimum Gasteiger partial charge on any atom is -0.469 e. The molecule has 0 aliphatic rings. The molecule has 0 bridgehead atoms. The van der Waals surface area contributed by atoms with Gasteiger partial charge in [-0.05, 0) is 25.1 Å². The summed E-state index contributed by atoms with van der Waals surface area (Å²) in [5.74, 6) is 0.134. The zero-order chi connectivity index (χ0) is 14.8. The Morgan fingerprint density at radius 1 is 1.15 bits per heavy atom. The van der Waals surface area contributed by atoms with Gasteiger partial charge in [0, 0.05) is 0 Å². The molecule has 1 amide bonds. The Hall–Kier alpha value is -2.28. The highest BCUT2D eigenvalue weighted by Crippen LogP contribution is 2.23. The highest BCUT2D eigenvalue weighted by molar-refractivity contribution is 7.92. The first-order chi connectivity index (χ1) is 9.37. The van der Waals surface area contributed by atoms with Crippen LogP contribution in [0.3, 0.4) is 0 Å². The van der Waals surface area contributed by atoms with Gasteiger partial charge in [-0.25, -0.2) is 8.42 Å². The van der Waals surface area contributed by atoms with Crippen LogP contribution in [0.1, 0.15) is 16.1 Å². The third-order valence-corrected chi connectivity index (χ3v) is 3.16. The van der Waals surface area contributed by atoms with Gasteiger partial charge in [0.15, 0.2) is 0 Å². The maximum absolute atomic E-state index is 12.1. The second-order valence-electron chi connectivity index (χ2n) is 4.26. The van der Waals surface area contributed by atoms with E-state index in [1.54, 1.807) is 37.3 Å². The van der Waals surface area contributed by atoms with Crippen molar-refractivity contribution in [3.8, 4) is 0 Å². The van der Waals surface area contributed by atoms with E-state index in [4.69, 9.17) is 4.42 Å². The van der Waals surface area contributed by atoms with Crippen molar-refractivity contribution in [2.75, 3.05) is 16.3 Å². The van der Waals surface area contributed by atoms with Crippen LogP contribution in [-0.4, -0.2) is 20.6 Å². The van der Waals surface area contributed by atoms with Crippen LogP contribution in [0.15, 0.2) is 41.0 Å². The summed E-state index contributed by atoms with van der Waals surface area (Å²) < 4.78 is 30.0. The minimum atomic E-state index is -3.42. The van der Waals surface area contributed by atoms with Gasteiger partial charge in [0.1, 0.15) is 5.76 Å². The standard InChI is InChI=1S/C13H14N2O4S/c1-9-10(7-8-19-9)13(16)14-11-5-3-4-6-12(11)15-20(2,17)18/h3-8,15H,1-2H3,(H,14,16). The van der Waals surface area contributed by atoms with Gasteiger partial charge in [-0.15, -0.1) is 0 Å². The molecule has 0 saturated heterocycles. The second kappa shape index (κ2) is 5.38. The van der Waals surface area contributed by atoms with Crippen molar-refractivity contribution >= 4 is 27.3 Å². The molecule has 2 rings (SSSR count). The Morgan fingerprint density at radius 2 is 1.80 bits per heavy atom. The summed E-state index contributed by atoms with van der Waals surface area (Å²) in [6.07, 6.45) is 2.47. The Balaban J connectivity index is 2.26. The van der Waals surface area contributed by atoms with Crippen molar-refractivity contribution in [2.45, 2.75) is 6.92 Å². The number of nitrogens with one attached hydrogen (secondary N) is 2. The minimum absolute atomic E-state index is 0.310. The number of para-hydroxylation sites is 2. The van der Waals surface area contributed by atoms with Crippen LogP contribution in [0.2, 0.25) is 0 Å². The summed E-state index contributed by atoms with van der Waals surface area (Å²) in [4.78, 5) is 12.1. The summed E-state index contributed by atoms with van der Waals surface area (Å²) in [6.45, 7) is 1.68. The second-order valence-corrected chi connectivity index (χ2v) is 6.01. The number of sulfonamides is 1. The molecule has 7 heteroatoms. The van der Waals surface area contributed by atoms with Crippen LogP contribution < -0.4 is 10.0 Å². The van der Waals surface area contributed by atoms with Gasteiger partial charge in [-0.2, -0.15) is 0 Å². The molecule has 20 heavy (non-hydrogen) atoms. The molecule has 0 unspecified atom stereocenters. The summed E-state index contributed by atoms with van der Waals surface area (Å²) in [6, 6.07) is 8.11. The van der Waals surface area contributed by atoms with Crippen LogP contribution in [0.4, 0.5) is 11.4 Å². The largest absolute Gasteiger partial charge is 0.469 e. The van der Waals surface area contributed by atoms with Gasteiger partial charge in [-0.1, -0.05) is 12.1 Å². The molecule has 1 heterocycles. The summed E-state index contributed by atoms with van der Waals surface area (Å²) in [5.41, 5.74) is 1.09. The number of carbonyl (C=O) groups is 1. The molecular weight excluding hydrogens is 280 g/mol. The summed E-state index contributed by atoms with van der Waals surface area (Å²) in [7, 11) is -3.42. The molecule has 0 radical (unpaired) electrons. The SMILES string of the molecule is Cc1occc1C(=O)Nc1ccccc1NS(C)(=O)=O. The Labute approximate surface area is 116 Å². The molecular formula is C13H14N2O4S. The highest BCUT2D eigenvalue weighted by atomic mass is 32.2. The molecule has 106 valence electrons. The third-order valence-electron chi connectivity index (χ3n) is 2.57. The van der Waals surface area contributed by atoms with Gasteiger partial charge in [-0.3, -0.25) is 9.52 Å². The van der Waals surface area contributed by atoms with E-state index >= 15 is 0 Å². The average molecular weight is 294 g/mol. The fourth-order valence-electron chi connectivity index (χ4n) is 1.69. The molecule has 0 atom stereocenters. The molecule has 0 aliphatic heterocycles. The number of furan rings is 1. The first kappa shape index (κ1) is 14.1. The molecule has 1 aromatic carbocycles. The molecule has 6 nitrogen and oxygen atoms in total. The Morgan fingerprint density at radius 3 is 2.35 bits per heavy atom. The van der Waals surface area contributed by atoms with Crippen LogP contribution >= 0.6 is 0 Å². The van der Waals surface area contributed by atoms with Crippen molar-refractivity contribution in [3.63, 3.8) is 0 Å². The summed E-state index contributed by atoms with van der Waals surface area (Å²) >= 11 is 0. The lowest BCUT2D eigenvalue weighted by Gasteiger charge is -2.11. The van der Waals surface area contributed by atoms with E-state index in [0.717, 1.165) is 6.26 Å². The van der Waals surface area contributed by atoms with Crippen LogP contribution in [0.25, 0.3) is 0 Å². The zero-order valence-electron chi connectivity index (χ0n) is 11.0. The Kier molecular flexibility index (Phi) is 3.80. The van der Waals surface area contributed by atoms with Crippen molar-refractivity contribution in [1.82, 2.24) is 0 Å². The molecule has 0 aliphatic carbocycles. The molecule has 2 N–H and O–H groups in total. The molecule has 0 spiro atoms. The molecule has 1 aromatic heterocycles. The van der Waals surface area contributed by atoms with Crippen molar-refractivity contribution in [3.05, 3.63) is 47.9 Å². The predicted molar refractivity (Wildman–Crippen MR) is 76.3 cm³/mol. The lowest BCUT2D eigenvalue weighted by molar-refractivity contribution is 0.102. The average Bonchev–Trinajstić information content (AvgIpc) is 2.76. The van der Waals surface area contributed by atoms with E-state index in [1.807, 2.05) is 0 Å². The first-order valence-corrected chi connectivity index (χ1v) is 7.68. The normalized spacial score (nSPS) is 11.1. The quantitative estimate of drug-likeness (QED) is 0.905. The zero-order valence-corrected chi connectivity index (χ0v) is 11.8. The van der Waals surface area contributed by atoms with Gasteiger partial charge < -0.3 is 9.73 Å². The fraction of sp³-hybridized carbons (Fsp3) is 0.154. The van der Waals surface area contributed by atoms with E-state index < -0.39 is 10.0 Å². The van der Waals surface area contributed by atoms with Gasteiger partial charge >= 0.3 is 0 Å².